The molecule has 0 fully saturated rings. The van der Waals surface area contributed by atoms with E-state index in [9.17, 15) is 9.59 Å². The second-order valence-corrected chi connectivity index (χ2v) is 5.98. The zero-order valence-corrected chi connectivity index (χ0v) is 14.6. The van der Waals surface area contributed by atoms with Gasteiger partial charge in [0.2, 0.25) is 11.8 Å². The zero-order chi connectivity index (χ0) is 18.7. The molecule has 2 aromatic rings. The van der Waals surface area contributed by atoms with Crippen LogP contribution in [0.15, 0.2) is 53.6 Å². The van der Waals surface area contributed by atoms with Gasteiger partial charge in [0.1, 0.15) is 11.6 Å². The number of nitrogens with two attached hydrogens (primary N) is 1. The molecule has 1 heterocycles. The smallest absolute Gasteiger partial charge is 0.248 e. The number of amidine groups is 1. The highest BCUT2D eigenvalue weighted by atomic mass is 16.5. The molecular weight excluding hydrogens is 332 g/mol. The van der Waals surface area contributed by atoms with E-state index in [2.05, 4.69) is 10.4 Å². The number of carbonyl (C=O) groups excluding carboxylic acids is 2. The fourth-order valence-electron chi connectivity index (χ4n) is 2.89. The van der Waals surface area contributed by atoms with Crippen molar-refractivity contribution in [3.05, 3.63) is 59.7 Å². The summed E-state index contributed by atoms with van der Waals surface area (Å²) in [6.07, 6.45) is 0.543. The number of benzene rings is 2. The Bertz CT molecular complexity index is 844. The van der Waals surface area contributed by atoms with Crippen molar-refractivity contribution >= 4 is 23.3 Å². The van der Waals surface area contributed by atoms with Gasteiger partial charge in [-0.15, -0.1) is 0 Å². The number of hydrogen-bond donors (Lipinski definition) is 2. The molecule has 1 aliphatic rings. The van der Waals surface area contributed by atoms with Gasteiger partial charge < -0.3 is 15.8 Å². The average molecular weight is 352 g/mol. The summed E-state index contributed by atoms with van der Waals surface area (Å²) in [7, 11) is 1.61. The second kappa shape index (κ2) is 7.26. The maximum Gasteiger partial charge on any atom is 0.248 e. The number of hydrazone groups is 1. The van der Waals surface area contributed by atoms with Crippen molar-refractivity contribution in [3.63, 3.8) is 0 Å². The Kier molecular flexibility index (Phi) is 4.88. The molecule has 7 heteroatoms. The van der Waals surface area contributed by atoms with Crippen molar-refractivity contribution in [2.45, 2.75) is 19.4 Å². The van der Waals surface area contributed by atoms with Gasteiger partial charge in [-0.05, 0) is 42.0 Å². The summed E-state index contributed by atoms with van der Waals surface area (Å²) < 4.78 is 5.20. The maximum absolute atomic E-state index is 11.4. The van der Waals surface area contributed by atoms with Crippen molar-refractivity contribution in [2.75, 3.05) is 12.1 Å². The molecule has 0 aromatic heterocycles. The molecule has 7 nitrogen and oxygen atoms in total. The second-order valence-electron chi connectivity index (χ2n) is 5.98. The van der Waals surface area contributed by atoms with Gasteiger partial charge >= 0.3 is 0 Å². The predicted octanol–water partition coefficient (Wildman–Crippen LogP) is 2.20. The number of ether oxygens (including phenoxy) is 1. The summed E-state index contributed by atoms with van der Waals surface area (Å²) in [6.45, 7) is 1.45. The third-order valence-electron chi connectivity index (χ3n) is 4.15. The lowest BCUT2D eigenvalue weighted by Gasteiger charge is -2.24. The molecule has 1 unspecified atom stereocenters. The van der Waals surface area contributed by atoms with E-state index in [1.807, 2.05) is 41.4 Å². The molecule has 0 spiro atoms. The summed E-state index contributed by atoms with van der Waals surface area (Å²) in [5.41, 5.74) is 7.60. The molecule has 1 aliphatic heterocycles. The molecule has 0 saturated heterocycles. The van der Waals surface area contributed by atoms with Gasteiger partial charge in [0.25, 0.3) is 0 Å². The number of hydrogen-bond acceptors (Lipinski definition) is 5. The van der Waals surface area contributed by atoms with E-state index in [4.69, 9.17) is 10.5 Å². The van der Waals surface area contributed by atoms with E-state index in [0.29, 0.717) is 17.8 Å². The van der Waals surface area contributed by atoms with Gasteiger partial charge in [0.05, 0.1) is 18.8 Å². The van der Waals surface area contributed by atoms with Crippen molar-refractivity contribution in [1.82, 2.24) is 5.32 Å². The van der Waals surface area contributed by atoms with Crippen LogP contribution in [0.1, 0.15) is 35.3 Å². The predicted molar refractivity (Wildman–Crippen MR) is 99.0 cm³/mol. The largest absolute Gasteiger partial charge is 0.497 e. The standard InChI is InChI=1S/C19H20N4O3/c1-12(24)21-18-11-17(13-3-5-14(6-4-13)19(20)25)23(22-18)15-7-9-16(26-2)10-8-15/h3-10,17H,11H2,1-2H3,(H2,20,25)(H,21,22,24). The molecule has 2 aromatic carbocycles. The Morgan fingerprint density at radius 2 is 1.81 bits per heavy atom. The zero-order valence-electron chi connectivity index (χ0n) is 14.6. The highest BCUT2D eigenvalue weighted by Gasteiger charge is 2.29. The molecule has 26 heavy (non-hydrogen) atoms. The first-order valence-electron chi connectivity index (χ1n) is 8.16. The third kappa shape index (κ3) is 3.66. The van der Waals surface area contributed by atoms with Crippen LogP contribution >= 0.6 is 0 Å². The molecule has 2 amide bonds. The molecule has 1 atom stereocenters. The van der Waals surface area contributed by atoms with E-state index in [1.165, 1.54) is 6.92 Å². The molecule has 0 aliphatic carbocycles. The summed E-state index contributed by atoms with van der Waals surface area (Å²) >= 11 is 0. The molecule has 0 bridgehead atoms. The Morgan fingerprint density at radius 3 is 2.35 bits per heavy atom. The number of nitrogens with zero attached hydrogens (tertiary/aromatic N) is 2. The molecule has 3 N–H and O–H groups in total. The minimum atomic E-state index is -0.467. The molecule has 0 saturated carbocycles. The SMILES string of the molecule is COc1ccc(N2N=C(NC(C)=O)CC2c2ccc(C(N)=O)cc2)cc1. The third-order valence-corrected chi connectivity index (χ3v) is 4.15. The normalized spacial score (nSPS) is 16.2. The molecule has 0 radical (unpaired) electrons. The summed E-state index contributed by atoms with van der Waals surface area (Å²) in [6, 6.07) is 14.5. The monoisotopic (exact) mass is 352 g/mol. The van der Waals surface area contributed by atoms with Crippen LogP contribution in [0.3, 0.4) is 0 Å². The van der Waals surface area contributed by atoms with E-state index in [-0.39, 0.29) is 11.9 Å². The number of primary amides is 1. The Hall–Kier alpha value is -3.35. The van der Waals surface area contributed by atoms with E-state index < -0.39 is 5.91 Å². The van der Waals surface area contributed by atoms with Gasteiger partial charge in [-0.25, -0.2) is 0 Å². The number of amides is 2. The van der Waals surface area contributed by atoms with Crippen LogP contribution in [0.2, 0.25) is 0 Å². The van der Waals surface area contributed by atoms with Gasteiger partial charge in [0, 0.05) is 18.9 Å². The fourth-order valence-corrected chi connectivity index (χ4v) is 2.89. The van der Waals surface area contributed by atoms with Crippen LogP contribution in [-0.2, 0) is 4.79 Å². The van der Waals surface area contributed by atoms with Gasteiger partial charge in [-0.2, -0.15) is 5.10 Å². The van der Waals surface area contributed by atoms with E-state index in [0.717, 1.165) is 17.0 Å². The number of nitrogens with one attached hydrogen (secondary N) is 1. The number of anilines is 1. The van der Waals surface area contributed by atoms with Crippen LogP contribution in [-0.4, -0.2) is 24.8 Å². The van der Waals surface area contributed by atoms with Crippen LogP contribution < -0.4 is 20.8 Å². The Labute approximate surface area is 151 Å². The minimum Gasteiger partial charge on any atom is -0.497 e. The molecule has 134 valence electrons. The highest BCUT2D eigenvalue weighted by Crippen LogP contribution is 2.35. The lowest BCUT2D eigenvalue weighted by molar-refractivity contribution is -0.117. The Morgan fingerprint density at radius 1 is 1.15 bits per heavy atom. The van der Waals surface area contributed by atoms with Crippen LogP contribution in [0.4, 0.5) is 5.69 Å². The number of methoxy groups -OCH3 is 1. The molecular formula is C19H20N4O3. The molecule has 3 rings (SSSR count). The van der Waals surface area contributed by atoms with Crippen molar-refractivity contribution in [2.24, 2.45) is 10.8 Å². The van der Waals surface area contributed by atoms with Crippen molar-refractivity contribution in [3.8, 4) is 5.75 Å². The lowest BCUT2D eigenvalue weighted by Crippen LogP contribution is -2.26. The minimum absolute atomic E-state index is 0.104. The van der Waals surface area contributed by atoms with E-state index >= 15 is 0 Å². The van der Waals surface area contributed by atoms with Gasteiger partial charge in [-0.3, -0.25) is 14.6 Å². The quantitative estimate of drug-likeness (QED) is 0.881. The average Bonchev–Trinajstić information content (AvgIpc) is 3.05. The van der Waals surface area contributed by atoms with Crippen molar-refractivity contribution in [1.29, 1.82) is 0 Å². The summed E-state index contributed by atoms with van der Waals surface area (Å²) in [5.74, 6) is 0.715. The number of rotatable bonds is 4. The topological polar surface area (TPSA) is 97.0 Å². The number of carbonyl (C=O) groups is 2. The van der Waals surface area contributed by atoms with Gasteiger partial charge in [0.15, 0.2) is 0 Å². The lowest BCUT2D eigenvalue weighted by atomic mass is 10.0. The van der Waals surface area contributed by atoms with Crippen LogP contribution in [0.25, 0.3) is 0 Å². The van der Waals surface area contributed by atoms with Crippen molar-refractivity contribution < 1.29 is 14.3 Å². The maximum atomic E-state index is 11.4. The first-order valence-corrected chi connectivity index (χ1v) is 8.16. The highest BCUT2D eigenvalue weighted by molar-refractivity contribution is 5.99. The fraction of sp³-hybridized carbons (Fsp3) is 0.211. The van der Waals surface area contributed by atoms with Crippen LogP contribution in [0, 0.1) is 0 Å². The summed E-state index contributed by atoms with van der Waals surface area (Å²) in [4.78, 5) is 22.7. The summed E-state index contributed by atoms with van der Waals surface area (Å²) in [5, 5.41) is 9.17. The van der Waals surface area contributed by atoms with Crippen LogP contribution in [0.5, 0.6) is 5.75 Å². The first kappa shape index (κ1) is 17.5. The first-order chi connectivity index (χ1) is 12.5. The van der Waals surface area contributed by atoms with E-state index in [1.54, 1.807) is 19.2 Å². The Balaban J connectivity index is 1.93. The van der Waals surface area contributed by atoms with Gasteiger partial charge in [-0.1, -0.05) is 12.1 Å².